The molecule has 1 aromatic carbocycles. The van der Waals surface area contributed by atoms with E-state index in [2.05, 4.69) is 6.92 Å². The molecule has 32 heavy (non-hydrogen) atoms. The molecule has 0 aromatic heterocycles. The summed E-state index contributed by atoms with van der Waals surface area (Å²) in [5.41, 5.74) is -0.460. The van der Waals surface area contributed by atoms with Crippen molar-refractivity contribution in [1.82, 2.24) is 0 Å². The van der Waals surface area contributed by atoms with Crippen LogP contribution in [0.2, 0.25) is 0 Å². The molecule has 0 spiro atoms. The highest BCUT2D eigenvalue weighted by Crippen LogP contribution is 2.45. The van der Waals surface area contributed by atoms with Crippen LogP contribution in [-0.2, 0) is 23.1 Å². The predicted octanol–water partition coefficient (Wildman–Crippen LogP) is 6.26. The average Bonchev–Trinajstić information content (AvgIpc) is 2.69. The topological polar surface area (TPSA) is 88.1 Å². The molecule has 0 N–H and O–H groups in total. The Balaban J connectivity index is 2.49. The molecule has 0 aliphatic carbocycles. The van der Waals surface area contributed by atoms with Gasteiger partial charge in [0.25, 0.3) is 0 Å². The molecule has 0 bridgehead atoms. The number of hydrogen-bond acceptors (Lipinski definition) is 7. The van der Waals surface area contributed by atoms with Gasteiger partial charge in [0.1, 0.15) is 5.60 Å². The Bertz CT molecular complexity index is 779. The Labute approximate surface area is 192 Å². The number of hydrogen-bond donors (Lipinski definition) is 0. The first-order chi connectivity index (χ1) is 14.7. The van der Waals surface area contributed by atoms with Gasteiger partial charge in [-0.2, -0.15) is 0 Å². The molecule has 0 saturated heterocycles. The second-order valence-electron chi connectivity index (χ2n) is 9.76. The third-order valence-electron chi connectivity index (χ3n) is 4.36. The lowest BCUT2D eigenvalue weighted by molar-refractivity contribution is 0.00681. The van der Waals surface area contributed by atoms with Gasteiger partial charge in [-0.25, -0.2) is 9.59 Å². The van der Waals surface area contributed by atoms with Crippen LogP contribution in [0.3, 0.4) is 0 Å². The Morgan fingerprint density at radius 2 is 1.41 bits per heavy atom. The van der Waals surface area contributed by atoms with E-state index in [9.17, 15) is 14.2 Å². The minimum Gasteiger partial charge on any atom is -0.461 e. The zero-order valence-electron chi connectivity index (χ0n) is 20.6. The molecular formula is C24H39O7P. The van der Waals surface area contributed by atoms with Gasteiger partial charge in [-0.05, 0) is 51.5 Å². The third kappa shape index (κ3) is 11.8. The van der Waals surface area contributed by atoms with Crippen LogP contribution in [0, 0.1) is 5.41 Å². The van der Waals surface area contributed by atoms with Gasteiger partial charge in [-0.1, -0.05) is 40.0 Å². The van der Waals surface area contributed by atoms with Crippen molar-refractivity contribution in [3.8, 4) is 0 Å². The lowest BCUT2D eigenvalue weighted by Gasteiger charge is -2.25. The molecule has 8 heteroatoms. The van der Waals surface area contributed by atoms with Crippen LogP contribution in [0.1, 0.15) is 87.9 Å². The summed E-state index contributed by atoms with van der Waals surface area (Å²) in [6.07, 6.45) is 4.14. The van der Waals surface area contributed by atoms with E-state index in [0.717, 1.165) is 25.7 Å². The van der Waals surface area contributed by atoms with E-state index in [1.807, 2.05) is 13.8 Å². The zero-order chi connectivity index (χ0) is 24.4. The molecule has 1 unspecified atom stereocenters. The number of unbranched alkanes of at least 4 members (excludes halogenated alkanes) is 3. The molecule has 0 heterocycles. The molecule has 0 fully saturated rings. The van der Waals surface area contributed by atoms with Gasteiger partial charge >= 0.3 is 19.5 Å². The highest BCUT2D eigenvalue weighted by Gasteiger charge is 2.27. The van der Waals surface area contributed by atoms with Crippen LogP contribution in [-0.4, -0.2) is 44.0 Å². The highest BCUT2D eigenvalue weighted by atomic mass is 31.2. The van der Waals surface area contributed by atoms with Crippen LogP contribution in [0.4, 0.5) is 0 Å². The number of benzene rings is 1. The molecular weight excluding hydrogens is 431 g/mol. The molecule has 1 rings (SSSR count). The molecule has 1 aromatic rings. The second kappa shape index (κ2) is 12.5. The van der Waals surface area contributed by atoms with E-state index >= 15 is 0 Å². The van der Waals surface area contributed by atoms with Gasteiger partial charge in [0.05, 0.1) is 30.9 Å². The minimum atomic E-state index is -3.16. The summed E-state index contributed by atoms with van der Waals surface area (Å²) >= 11 is 0. The van der Waals surface area contributed by atoms with Gasteiger partial charge in [0.2, 0.25) is 0 Å². The minimum absolute atomic E-state index is 0.0795. The maximum atomic E-state index is 12.4. The maximum absolute atomic E-state index is 12.4. The van der Waals surface area contributed by atoms with E-state index in [1.54, 1.807) is 20.8 Å². The molecule has 0 aliphatic heterocycles. The number of rotatable bonds is 13. The van der Waals surface area contributed by atoms with Gasteiger partial charge in [-0.3, -0.25) is 4.57 Å². The Hall–Kier alpha value is -1.69. The van der Waals surface area contributed by atoms with E-state index in [-0.39, 0.29) is 13.2 Å². The smallest absolute Gasteiger partial charge is 0.338 e. The van der Waals surface area contributed by atoms with Crippen LogP contribution in [0.25, 0.3) is 0 Å². The summed E-state index contributed by atoms with van der Waals surface area (Å²) in [5, 5.41) is 0. The van der Waals surface area contributed by atoms with Crippen molar-refractivity contribution in [2.75, 3.05) is 26.5 Å². The standard InChI is InChI=1S/C24H39O7P/c1-8-9-10-11-16-29-32(7,27)30-18-24(5,6)17-28-21(25)19-12-14-20(15-13-19)22(26)31-23(2,3)4/h12-15H,8-11,16-18H2,1-7H3. The predicted molar refractivity (Wildman–Crippen MR) is 125 cm³/mol. The van der Waals surface area contributed by atoms with Gasteiger partial charge < -0.3 is 18.5 Å². The first kappa shape index (κ1) is 28.3. The first-order valence-electron chi connectivity index (χ1n) is 11.1. The van der Waals surface area contributed by atoms with Crippen molar-refractivity contribution in [3.05, 3.63) is 35.4 Å². The SMILES string of the molecule is CCCCCCOP(C)(=O)OCC(C)(C)COC(=O)c1ccc(C(=O)OC(C)(C)C)cc1. The summed E-state index contributed by atoms with van der Waals surface area (Å²) in [5.74, 6) is -0.965. The van der Waals surface area contributed by atoms with E-state index in [4.69, 9.17) is 18.5 Å². The molecule has 0 amide bonds. The summed E-state index contributed by atoms with van der Waals surface area (Å²) in [6.45, 7) is 13.3. The maximum Gasteiger partial charge on any atom is 0.338 e. The fourth-order valence-electron chi connectivity index (χ4n) is 2.55. The fourth-order valence-corrected chi connectivity index (χ4v) is 3.67. The lowest BCUT2D eigenvalue weighted by atomic mass is 9.96. The number of esters is 2. The van der Waals surface area contributed by atoms with Crippen molar-refractivity contribution in [2.45, 2.75) is 72.8 Å². The van der Waals surface area contributed by atoms with Crippen molar-refractivity contribution >= 4 is 19.5 Å². The number of carbonyl (C=O) groups is 2. The fraction of sp³-hybridized carbons (Fsp3) is 0.667. The van der Waals surface area contributed by atoms with E-state index in [0.29, 0.717) is 17.7 Å². The summed E-state index contributed by atoms with van der Waals surface area (Å²) in [7, 11) is -3.16. The van der Waals surface area contributed by atoms with Crippen molar-refractivity contribution in [3.63, 3.8) is 0 Å². The molecule has 182 valence electrons. The number of carbonyl (C=O) groups excluding carboxylic acids is 2. The normalized spacial score (nSPS) is 14.0. The lowest BCUT2D eigenvalue weighted by Crippen LogP contribution is -2.27. The number of ether oxygens (including phenoxy) is 2. The average molecular weight is 471 g/mol. The molecule has 1 atom stereocenters. The highest BCUT2D eigenvalue weighted by molar-refractivity contribution is 7.52. The van der Waals surface area contributed by atoms with E-state index in [1.165, 1.54) is 30.9 Å². The largest absolute Gasteiger partial charge is 0.461 e. The van der Waals surface area contributed by atoms with Crippen LogP contribution < -0.4 is 0 Å². The monoisotopic (exact) mass is 470 g/mol. The summed E-state index contributed by atoms with van der Waals surface area (Å²) < 4.78 is 34.1. The van der Waals surface area contributed by atoms with Crippen molar-refractivity contribution in [1.29, 1.82) is 0 Å². The van der Waals surface area contributed by atoms with Gasteiger partial charge in [0, 0.05) is 12.1 Å². The molecule has 0 saturated carbocycles. The third-order valence-corrected chi connectivity index (χ3v) is 5.61. The first-order valence-corrected chi connectivity index (χ1v) is 13.1. The van der Waals surface area contributed by atoms with Crippen LogP contribution in [0.5, 0.6) is 0 Å². The van der Waals surface area contributed by atoms with Gasteiger partial charge in [-0.15, -0.1) is 0 Å². The summed E-state index contributed by atoms with van der Waals surface area (Å²) in [4.78, 5) is 24.4. The van der Waals surface area contributed by atoms with Crippen molar-refractivity contribution < 1.29 is 32.7 Å². The Morgan fingerprint density at radius 1 is 0.844 bits per heavy atom. The summed E-state index contributed by atoms with van der Waals surface area (Å²) in [6, 6.07) is 6.11. The van der Waals surface area contributed by atoms with Crippen molar-refractivity contribution in [2.24, 2.45) is 5.41 Å². The molecule has 0 radical (unpaired) electrons. The van der Waals surface area contributed by atoms with Crippen LogP contribution in [0.15, 0.2) is 24.3 Å². The zero-order valence-corrected chi connectivity index (χ0v) is 21.5. The van der Waals surface area contributed by atoms with E-state index < -0.39 is 30.6 Å². The van der Waals surface area contributed by atoms with Crippen LogP contribution >= 0.6 is 7.60 Å². The Morgan fingerprint density at radius 3 is 1.94 bits per heavy atom. The molecule has 7 nitrogen and oxygen atoms in total. The molecule has 0 aliphatic rings. The van der Waals surface area contributed by atoms with Gasteiger partial charge in [0.15, 0.2) is 0 Å². The quantitative estimate of drug-likeness (QED) is 0.191. The Kier molecular flexibility index (Phi) is 11.1. The second-order valence-corrected chi connectivity index (χ2v) is 11.8.